The van der Waals surface area contributed by atoms with Crippen LogP contribution in [0, 0.1) is 0 Å². The second kappa shape index (κ2) is 6.43. The summed E-state index contributed by atoms with van der Waals surface area (Å²) in [7, 11) is 0. The predicted molar refractivity (Wildman–Crippen MR) is 70.2 cm³/mol. The fraction of sp³-hybridized carbons (Fsp3) is 0.500. The Morgan fingerprint density at radius 2 is 2.11 bits per heavy atom. The number of ether oxygens (including phenoxy) is 3. The summed E-state index contributed by atoms with van der Waals surface area (Å²) in [4.78, 5) is 11.4. The Bertz CT molecular complexity index is 447. The van der Waals surface area contributed by atoms with Gasteiger partial charge in [-0.3, -0.25) is 4.79 Å². The molecular formula is C14H19NO4. The highest BCUT2D eigenvalue weighted by Gasteiger charge is 2.16. The lowest BCUT2D eigenvalue weighted by molar-refractivity contribution is -0.143. The van der Waals surface area contributed by atoms with Gasteiger partial charge in [-0.1, -0.05) is 6.07 Å². The topological polar surface area (TPSA) is 70.8 Å². The Kier molecular flexibility index (Phi) is 4.63. The van der Waals surface area contributed by atoms with Crippen molar-refractivity contribution in [3.63, 3.8) is 0 Å². The van der Waals surface area contributed by atoms with E-state index in [1.807, 2.05) is 18.2 Å². The minimum atomic E-state index is -0.392. The molecule has 1 aliphatic rings. The van der Waals surface area contributed by atoms with E-state index in [9.17, 15) is 4.79 Å². The summed E-state index contributed by atoms with van der Waals surface area (Å²) < 4.78 is 16.0. The second-order valence-corrected chi connectivity index (χ2v) is 4.37. The summed E-state index contributed by atoms with van der Waals surface area (Å²) in [5.74, 6) is 1.13. The molecule has 2 N–H and O–H groups in total. The fourth-order valence-corrected chi connectivity index (χ4v) is 1.93. The van der Waals surface area contributed by atoms with Gasteiger partial charge in [0.25, 0.3) is 0 Å². The quantitative estimate of drug-likeness (QED) is 0.840. The summed E-state index contributed by atoms with van der Waals surface area (Å²) in [6.45, 7) is 3.43. The molecule has 1 aromatic carbocycles. The fourth-order valence-electron chi connectivity index (χ4n) is 1.93. The number of carbonyl (C=O) groups excluding carboxylic acids is 1. The van der Waals surface area contributed by atoms with E-state index in [2.05, 4.69) is 0 Å². The molecule has 104 valence electrons. The molecular weight excluding hydrogens is 246 g/mol. The van der Waals surface area contributed by atoms with Crippen LogP contribution in [0.3, 0.4) is 0 Å². The molecule has 1 aliphatic heterocycles. The van der Waals surface area contributed by atoms with Gasteiger partial charge in [-0.05, 0) is 24.6 Å². The third-order valence-electron chi connectivity index (χ3n) is 2.89. The molecule has 5 heteroatoms. The van der Waals surface area contributed by atoms with Gasteiger partial charge in [0.05, 0.1) is 26.2 Å². The Morgan fingerprint density at radius 1 is 1.37 bits per heavy atom. The highest BCUT2D eigenvalue weighted by molar-refractivity contribution is 5.70. The number of fused-ring (bicyclic) bond motifs is 1. The molecule has 0 radical (unpaired) electrons. The number of esters is 1. The highest BCUT2D eigenvalue weighted by Crippen LogP contribution is 2.32. The largest absolute Gasteiger partial charge is 0.490 e. The number of rotatable bonds is 4. The van der Waals surface area contributed by atoms with E-state index in [-0.39, 0.29) is 12.4 Å². The van der Waals surface area contributed by atoms with E-state index in [4.69, 9.17) is 19.9 Å². The van der Waals surface area contributed by atoms with Crippen LogP contribution in [0.25, 0.3) is 0 Å². The number of carbonyl (C=O) groups is 1. The molecule has 0 saturated carbocycles. The standard InChI is InChI=1S/C14H19NO4/c1-2-17-14(16)9-11(15)10-4-5-12-13(8-10)19-7-3-6-18-12/h4-5,8,11H,2-3,6-7,9,15H2,1H3/t11-/m0/s1. The SMILES string of the molecule is CCOC(=O)C[C@H](N)c1ccc2c(c1)OCCCO2. The van der Waals surface area contributed by atoms with Crippen LogP contribution in [0.2, 0.25) is 0 Å². The number of nitrogens with two attached hydrogens (primary N) is 1. The van der Waals surface area contributed by atoms with Gasteiger partial charge in [-0.15, -0.1) is 0 Å². The van der Waals surface area contributed by atoms with Crippen molar-refractivity contribution in [2.75, 3.05) is 19.8 Å². The van der Waals surface area contributed by atoms with Gasteiger partial charge in [0.1, 0.15) is 0 Å². The zero-order valence-corrected chi connectivity index (χ0v) is 11.1. The summed E-state index contributed by atoms with van der Waals surface area (Å²) in [6, 6.07) is 5.14. The highest BCUT2D eigenvalue weighted by atomic mass is 16.5. The average molecular weight is 265 g/mol. The molecule has 0 saturated heterocycles. The van der Waals surface area contributed by atoms with Crippen molar-refractivity contribution < 1.29 is 19.0 Å². The van der Waals surface area contributed by atoms with Crippen molar-refractivity contribution in [1.82, 2.24) is 0 Å². The van der Waals surface area contributed by atoms with E-state index in [1.165, 1.54) is 0 Å². The maximum Gasteiger partial charge on any atom is 0.307 e. The zero-order chi connectivity index (χ0) is 13.7. The van der Waals surface area contributed by atoms with Crippen LogP contribution in [0.4, 0.5) is 0 Å². The maximum absolute atomic E-state index is 11.4. The molecule has 2 rings (SSSR count). The minimum Gasteiger partial charge on any atom is -0.490 e. The lowest BCUT2D eigenvalue weighted by Crippen LogP contribution is -2.17. The number of hydrogen-bond acceptors (Lipinski definition) is 5. The van der Waals surface area contributed by atoms with Gasteiger partial charge in [0.2, 0.25) is 0 Å². The van der Waals surface area contributed by atoms with Crippen LogP contribution >= 0.6 is 0 Å². The lowest BCUT2D eigenvalue weighted by Gasteiger charge is -2.14. The van der Waals surface area contributed by atoms with Crippen molar-refractivity contribution in [1.29, 1.82) is 0 Å². The number of hydrogen-bond donors (Lipinski definition) is 1. The van der Waals surface area contributed by atoms with Crippen LogP contribution in [0.1, 0.15) is 31.4 Å². The number of benzene rings is 1. The van der Waals surface area contributed by atoms with Crippen LogP contribution in [0.5, 0.6) is 11.5 Å². The molecule has 0 fully saturated rings. The van der Waals surface area contributed by atoms with Crippen molar-refractivity contribution in [2.24, 2.45) is 5.73 Å². The van der Waals surface area contributed by atoms with Crippen LogP contribution in [0.15, 0.2) is 18.2 Å². The monoisotopic (exact) mass is 265 g/mol. The molecule has 0 aliphatic carbocycles. The molecule has 0 amide bonds. The molecule has 0 aromatic heterocycles. The van der Waals surface area contributed by atoms with Crippen molar-refractivity contribution in [3.05, 3.63) is 23.8 Å². The Labute approximate surface area is 112 Å². The summed E-state index contributed by atoms with van der Waals surface area (Å²) in [5, 5.41) is 0. The van der Waals surface area contributed by atoms with Gasteiger partial charge in [0, 0.05) is 12.5 Å². The normalized spacial score (nSPS) is 15.5. The van der Waals surface area contributed by atoms with Gasteiger partial charge < -0.3 is 19.9 Å². The summed E-state index contributed by atoms with van der Waals surface area (Å²) >= 11 is 0. The van der Waals surface area contributed by atoms with Gasteiger partial charge >= 0.3 is 5.97 Å². The zero-order valence-electron chi connectivity index (χ0n) is 11.1. The van der Waals surface area contributed by atoms with E-state index in [1.54, 1.807) is 6.92 Å². The second-order valence-electron chi connectivity index (χ2n) is 4.37. The third kappa shape index (κ3) is 3.61. The lowest BCUT2D eigenvalue weighted by atomic mass is 10.0. The Morgan fingerprint density at radius 3 is 2.84 bits per heavy atom. The van der Waals surface area contributed by atoms with Crippen molar-refractivity contribution in [3.8, 4) is 11.5 Å². The van der Waals surface area contributed by atoms with Gasteiger partial charge in [-0.2, -0.15) is 0 Å². The van der Waals surface area contributed by atoms with E-state index < -0.39 is 6.04 Å². The maximum atomic E-state index is 11.4. The summed E-state index contributed by atoms with van der Waals surface area (Å²) in [5.41, 5.74) is 6.85. The Hall–Kier alpha value is -1.75. The van der Waals surface area contributed by atoms with Gasteiger partial charge in [-0.25, -0.2) is 0 Å². The predicted octanol–water partition coefficient (Wildman–Crippen LogP) is 1.80. The van der Waals surface area contributed by atoms with Crippen LogP contribution in [-0.4, -0.2) is 25.8 Å². The van der Waals surface area contributed by atoms with Crippen molar-refractivity contribution in [2.45, 2.75) is 25.8 Å². The molecule has 1 atom stereocenters. The molecule has 0 spiro atoms. The molecule has 1 aromatic rings. The minimum absolute atomic E-state index is 0.160. The molecule has 0 unspecified atom stereocenters. The van der Waals surface area contributed by atoms with Crippen LogP contribution < -0.4 is 15.2 Å². The average Bonchev–Trinajstić information content (AvgIpc) is 2.63. The smallest absolute Gasteiger partial charge is 0.307 e. The molecule has 5 nitrogen and oxygen atoms in total. The van der Waals surface area contributed by atoms with Crippen LogP contribution in [-0.2, 0) is 9.53 Å². The van der Waals surface area contributed by atoms with E-state index in [0.717, 1.165) is 17.7 Å². The first-order valence-electron chi connectivity index (χ1n) is 6.51. The molecule has 0 bridgehead atoms. The third-order valence-corrected chi connectivity index (χ3v) is 2.89. The Balaban J connectivity index is 2.08. The van der Waals surface area contributed by atoms with E-state index >= 15 is 0 Å². The van der Waals surface area contributed by atoms with Gasteiger partial charge in [0.15, 0.2) is 11.5 Å². The summed E-state index contributed by atoms with van der Waals surface area (Å²) in [6.07, 6.45) is 1.02. The molecule has 1 heterocycles. The molecule has 19 heavy (non-hydrogen) atoms. The van der Waals surface area contributed by atoms with E-state index in [0.29, 0.717) is 25.6 Å². The van der Waals surface area contributed by atoms with Crippen molar-refractivity contribution >= 4 is 5.97 Å². The first-order valence-corrected chi connectivity index (χ1v) is 6.51. The first-order chi connectivity index (χ1) is 9.20. The first kappa shape index (κ1) is 13.7.